The van der Waals surface area contributed by atoms with Crippen LogP contribution in [0.5, 0.6) is 0 Å². The van der Waals surface area contributed by atoms with Gasteiger partial charge in [0, 0.05) is 13.3 Å². The molecular formula is C11H16N2O2. The molecule has 1 saturated heterocycles. The van der Waals surface area contributed by atoms with Crippen LogP contribution in [0.3, 0.4) is 0 Å². The summed E-state index contributed by atoms with van der Waals surface area (Å²) in [4.78, 5) is 15.1. The van der Waals surface area contributed by atoms with E-state index >= 15 is 0 Å². The molecular weight excluding hydrogens is 192 g/mol. The number of rotatable bonds is 3. The van der Waals surface area contributed by atoms with Gasteiger partial charge in [-0.15, -0.1) is 0 Å². The third-order valence-electron chi connectivity index (χ3n) is 2.76. The molecule has 1 aromatic rings. The SMILES string of the molecule is CC(=O)c1cnc(CC2CCCNC2)o1. The highest BCUT2D eigenvalue weighted by molar-refractivity contribution is 5.90. The van der Waals surface area contributed by atoms with Gasteiger partial charge in [-0.2, -0.15) is 0 Å². The summed E-state index contributed by atoms with van der Waals surface area (Å²) in [5.41, 5.74) is 0. The van der Waals surface area contributed by atoms with Crippen LogP contribution in [-0.2, 0) is 6.42 Å². The quantitative estimate of drug-likeness (QED) is 0.763. The fraction of sp³-hybridized carbons (Fsp3) is 0.636. The number of hydrogen-bond acceptors (Lipinski definition) is 4. The largest absolute Gasteiger partial charge is 0.438 e. The smallest absolute Gasteiger partial charge is 0.196 e. The molecule has 0 aliphatic carbocycles. The fourth-order valence-corrected chi connectivity index (χ4v) is 1.91. The number of oxazole rings is 1. The highest BCUT2D eigenvalue weighted by Gasteiger charge is 2.16. The van der Waals surface area contributed by atoms with Crippen LogP contribution in [0.2, 0.25) is 0 Å². The van der Waals surface area contributed by atoms with Gasteiger partial charge in [0.05, 0.1) is 6.20 Å². The first-order chi connectivity index (χ1) is 7.25. The Morgan fingerprint density at radius 2 is 2.60 bits per heavy atom. The lowest BCUT2D eigenvalue weighted by atomic mass is 9.96. The first-order valence-electron chi connectivity index (χ1n) is 5.42. The van der Waals surface area contributed by atoms with Crippen LogP contribution in [-0.4, -0.2) is 23.9 Å². The molecule has 1 aliphatic rings. The average Bonchev–Trinajstić information content (AvgIpc) is 2.68. The fourth-order valence-electron chi connectivity index (χ4n) is 1.91. The van der Waals surface area contributed by atoms with Crippen LogP contribution < -0.4 is 5.32 Å². The first kappa shape index (κ1) is 10.4. The molecule has 1 aliphatic heterocycles. The van der Waals surface area contributed by atoms with E-state index in [4.69, 9.17) is 4.42 Å². The van der Waals surface area contributed by atoms with Gasteiger partial charge in [0.2, 0.25) is 0 Å². The molecule has 1 unspecified atom stereocenters. The zero-order chi connectivity index (χ0) is 10.7. The van der Waals surface area contributed by atoms with Gasteiger partial charge < -0.3 is 9.73 Å². The number of aromatic nitrogens is 1. The number of piperidine rings is 1. The molecule has 2 rings (SSSR count). The van der Waals surface area contributed by atoms with E-state index in [0.29, 0.717) is 17.6 Å². The first-order valence-corrected chi connectivity index (χ1v) is 5.42. The molecule has 0 amide bonds. The minimum absolute atomic E-state index is 0.0597. The lowest BCUT2D eigenvalue weighted by molar-refractivity contribution is 0.0985. The van der Waals surface area contributed by atoms with Gasteiger partial charge in [0.25, 0.3) is 0 Å². The second-order valence-corrected chi connectivity index (χ2v) is 4.09. The number of nitrogens with one attached hydrogen (secondary N) is 1. The Bertz CT molecular complexity index is 340. The lowest BCUT2D eigenvalue weighted by Gasteiger charge is -2.21. The van der Waals surface area contributed by atoms with Crippen molar-refractivity contribution in [2.45, 2.75) is 26.2 Å². The maximum absolute atomic E-state index is 11.0. The van der Waals surface area contributed by atoms with E-state index in [-0.39, 0.29) is 5.78 Å². The van der Waals surface area contributed by atoms with Crippen molar-refractivity contribution in [2.24, 2.45) is 5.92 Å². The van der Waals surface area contributed by atoms with Crippen LogP contribution in [0.4, 0.5) is 0 Å². The standard InChI is InChI=1S/C11H16N2O2/c1-8(14)10-7-13-11(15-10)5-9-3-2-4-12-6-9/h7,9,12H,2-6H2,1H3. The molecule has 0 bridgehead atoms. The zero-order valence-corrected chi connectivity index (χ0v) is 8.95. The van der Waals surface area contributed by atoms with Gasteiger partial charge in [0.15, 0.2) is 17.4 Å². The summed E-state index contributed by atoms with van der Waals surface area (Å²) in [5.74, 6) is 1.59. The Morgan fingerprint density at radius 3 is 3.20 bits per heavy atom. The van der Waals surface area contributed by atoms with E-state index in [2.05, 4.69) is 10.3 Å². The normalized spacial score (nSPS) is 21.5. The second-order valence-electron chi connectivity index (χ2n) is 4.09. The van der Waals surface area contributed by atoms with Crippen LogP contribution in [0.25, 0.3) is 0 Å². The maximum atomic E-state index is 11.0. The molecule has 0 radical (unpaired) electrons. The summed E-state index contributed by atoms with van der Waals surface area (Å²) >= 11 is 0. The van der Waals surface area contributed by atoms with Crippen molar-refractivity contribution in [2.75, 3.05) is 13.1 Å². The van der Waals surface area contributed by atoms with Gasteiger partial charge in [-0.3, -0.25) is 4.79 Å². The lowest BCUT2D eigenvalue weighted by Crippen LogP contribution is -2.30. The van der Waals surface area contributed by atoms with E-state index in [1.807, 2.05) is 0 Å². The Kier molecular flexibility index (Phi) is 3.16. The highest BCUT2D eigenvalue weighted by atomic mass is 16.4. The molecule has 4 nitrogen and oxygen atoms in total. The van der Waals surface area contributed by atoms with Crippen LogP contribution in [0, 0.1) is 5.92 Å². The minimum Gasteiger partial charge on any atom is -0.438 e. The number of hydrogen-bond donors (Lipinski definition) is 1. The molecule has 1 fully saturated rings. The van der Waals surface area contributed by atoms with Crippen LogP contribution in [0.15, 0.2) is 10.6 Å². The predicted molar refractivity (Wildman–Crippen MR) is 55.8 cm³/mol. The van der Waals surface area contributed by atoms with Crippen molar-refractivity contribution in [3.63, 3.8) is 0 Å². The number of carbonyl (C=O) groups excluding carboxylic acids is 1. The summed E-state index contributed by atoms with van der Waals surface area (Å²) in [6.45, 7) is 3.63. The summed E-state index contributed by atoms with van der Waals surface area (Å²) in [5, 5.41) is 3.35. The summed E-state index contributed by atoms with van der Waals surface area (Å²) < 4.78 is 5.36. The molecule has 0 saturated carbocycles. The van der Waals surface area contributed by atoms with E-state index in [9.17, 15) is 4.79 Å². The Hall–Kier alpha value is -1.16. The van der Waals surface area contributed by atoms with Gasteiger partial charge >= 0.3 is 0 Å². The van der Waals surface area contributed by atoms with E-state index in [0.717, 1.165) is 19.5 Å². The van der Waals surface area contributed by atoms with Gasteiger partial charge in [0.1, 0.15) is 0 Å². The molecule has 82 valence electrons. The van der Waals surface area contributed by atoms with Crippen molar-refractivity contribution < 1.29 is 9.21 Å². The van der Waals surface area contributed by atoms with Gasteiger partial charge in [-0.05, 0) is 31.8 Å². The van der Waals surface area contributed by atoms with Crippen LogP contribution in [0.1, 0.15) is 36.2 Å². The Labute approximate surface area is 89.1 Å². The molecule has 0 aromatic carbocycles. The number of Topliss-reactive ketones (excluding diaryl/α,β-unsaturated/α-hetero) is 1. The Balaban J connectivity index is 1.94. The molecule has 15 heavy (non-hydrogen) atoms. The van der Waals surface area contributed by atoms with Crippen molar-refractivity contribution in [1.29, 1.82) is 0 Å². The number of ketones is 1. The minimum atomic E-state index is -0.0597. The average molecular weight is 208 g/mol. The van der Waals surface area contributed by atoms with Gasteiger partial charge in [-0.1, -0.05) is 0 Å². The molecule has 1 atom stereocenters. The van der Waals surface area contributed by atoms with Gasteiger partial charge in [-0.25, -0.2) is 4.98 Å². The molecule has 2 heterocycles. The topological polar surface area (TPSA) is 55.1 Å². The van der Waals surface area contributed by atoms with Crippen molar-refractivity contribution in [3.05, 3.63) is 17.8 Å². The third kappa shape index (κ3) is 2.65. The summed E-state index contributed by atoms with van der Waals surface area (Å²) in [7, 11) is 0. The van der Waals surface area contributed by atoms with E-state index in [1.54, 1.807) is 0 Å². The molecule has 1 N–H and O–H groups in total. The van der Waals surface area contributed by atoms with Crippen molar-refractivity contribution in [3.8, 4) is 0 Å². The van der Waals surface area contributed by atoms with Crippen molar-refractivity contribution >= 4 is 5.78 Å². The van der Waals surface area contributed by atoms with Crippen molar-refractivity contribution in [1.82, 2.24) is 10.3 Å². The second kappa shape index (κ2) is 4.57. The Morgan fingerprint density at radius 1 is 1.73 bits per heavy atom. The third-order valence-corrected chi connectivity index (χ3v) is 2.76. The number of carbonyl (C=O) groups is 1. The maximum Gasteiger partial charge on any atom is 0.196 e. The number of nitrogens with zero attached hydrogens (tertiary/aromatic N) is 1. The monoisotopic (exact) mass is 208 g/mol. The zero-order valence-electron chi connectivity index (χ0n) is 8.95. The molecule has 1 aromatic heterocycles. The van der Waals surface area contributed by atoms with E-state index < -0.39 is 0 Å². The van der Waals surface area contributed by atoms with Crippen LogP contribution >= 0.6 is 0 Å². The highest BCUT2D eigenvalue weighted by Crippen LogP contribution is 2.16. The molecule has 0 spiro atoms. The summed E-state index contributed by atoms with van der Waals surface area (Å²) in [6, 6.07) is 0. The molecule has 4 heteroatoms. The summed E-state index contributed by atoms with van der Waals surface area (Å²) in [6.07, 6.45) is 4.78. The van der Waals surface area contributed by atoms with E-state index in [1.165, 1.54) is 26.0 Å². The predicted octanol–water partition coefficient (Wildman–Crippen LogP) is 1.42.